The van der Waals surface area contributed by atoms with Crippen molar-refractivity contribution < 1.29 is 15.0 Å². The van der Waals surface area contributed by atoms with Crippen LogP contribution in [0, 0.1) is 6.92 Å². The van der Waals surface area contributed by atoms with Crippen LogP contribution in [0.25, 0.3) is 0 Å². The summed E-state index contributed by atoms with van der Waals surface area (Å²) in [4.78, 5) is 19.0. The van der Waals surface area contributed by atoms with Crippen LogP contribution in [-0.2, 0) is 11.2 Å². The normalized spacial score (nSPS) is 14.0. The van der Waals surface area contributed by atoms with Crippen molar-refractivity contribution in [3.63, 3.8) is 0 Å². The molecule has 100 valence electrons. The zero-order valence-electron chi connectivity index (χ0n) is 10.6. The number of carbonyl (C=O) groups is 1. The molecule has 7 nitrogen and oxygen atoms in total. The first-order chi connectivity index (χ1) is 8.36. The van der Waals surface area contributed by atoms with Crippen molar-refractivity contribution in [3.8, 4) is 0 Å². The fourth-order valence-electron chi connectivity index (χ4n) is 1.60. The molecule has 0 aromatic carbocycles. The number of aliphatic hydroxyl groups is 1. The van der Waals surface area contributed by atoms with Crippen molar-refractivity contribution in [3.05, 3.63) is 11.3 Å². The zero-order chi connectivity index (χ0) is 13.9. The van der Waals surface area contributed by atoms with E-state index in [1.165, 1.54) is 6.92 Å². The third-order valence-electron chi connectivity index (χ3n) is 2.64. The highest BCUT2D eigenvalue weighted by atomic mass is 16.4. The Morgan fingerprint density at radius 2 is 2.11 bits per heavy atom. The van der Waals surface area contributed by atoms with Crippen LogP contribution in [0.15, 0.2) is 0 Å². The van der Waals surface area contributed by atoms with Gasteiger partial charge in [-0.05, 0) is 20.3 Å². The molecule has 7 heteroatoms. The number of aryl methyl sites for hydroxylation is 1. The molecule has 0 aliphatic rings. The summed E-state index contributed by atoms with van der Waals surface area (Å²) in [5.74, 6) is -0.734. The molecule has 1 aromatic heterocycles. The molecular weight excluding hydrogens is 236 g/mol. The average molecular weight is 254 g/mol. The number of hydrogen-bond donors (Lipinski definition) is 4. The third kappa shape index (κ3) is 3.07. The molecule has 2 atom stereocenters. The van der Waals surface area contributed by atoms with Gasteiger partial charge in [0.15, 0.2) is 6.04 Å². The maximum Gasteiger partial charge on any atom is 0.328 e. The van der Waals surface area contributed by atoms with Crippen LogP contribution in [-0.4, -0.2) is 38.3 Å². The number of rotatable bonds is 5. The van der Waals surface area contributed by atoms with Crippen LogP contribution in [0.5, 0.6) is 0 Å². The van der Waals surface area contributed by atoms with E-state index in [0.717, 1.165) is 11.3 Å². The highest BCUT2D eigenvalue weighted by molar-refractivity contribution is 5.78. The van der Waals surface area contributed by atoms with Crippen molar-refractivity contribution >= 4 is 17.7 Å². The molecule has 0 aliphatic carbocycles. The zero-order valence-corrected chi connectivity index (χ0v) is 10.6. The first-order valence-corrected chi connectivity index (χ1v) is 5.67. The number of carboxylic acids is 1. The van der Waals surface area contributed by atoms with Crippen LogP contribution < -0.4 is 11.1 Å². The number of aliphatic hydroxyl groups excluding tert-OH is 1. The molecule has 5 N–H and O–H groups in total. The molecule has 0 unspecified atom stereocenters. The second kappa shape index (κ2) is 5.63. The van der Waals surface area contributed by atoms with Crippen molar-refractivity contribution in [2.45, 2.75) is 39.3 Å². The first-order valence-electron chi connectivity index (χ1n) is 5.67. The van der Waals surface area contributed by atoms with Gasteiger partial charge in [-0.15, -0.1) is 0 Å². The predicted molar refractivity (Wildman–Crippen MR) is 67.3 cm³/mol. The van der Waals surface area contributed by atoms with E-state index in [1.54, 1.807) is 6.92 Å². The Morgan fingerprint density at radius 3 is 2.56 bits per heavy atom. The van der Waals surface area contributed by atoms with Crippen LogP contribution in [0.1, 0.15) is 25.1 Å². The lowest BCUT2D eigenvalue weighted by molar-refractivity contribution is -0.140. The molecule has 0 spiro atoms. The predicted octanol–water partition coefficient (Wildman–Crippen LogP) is 0.176. The molecule has 1 aromatic rings. The van der Waals surface area contributed by atoms with E-state index in [4.69, 9.17) is 10.8 Å². The molecular formula is C11H18N4O3. The molecule has 0 saturated carbocycles. The highest BCUT2D eigenvalue weighted by Gasteiger charge is 2.24. The average Bonchev–Trinajstić information content (AvgIpc) is 2.28. The van der Waals surface area contributed by atoms with Crippen LogP contribution >= 0.6 is 0 Å². The van der Waals surface area contributed by atoms with Gasteiger partial charge in [0.25, 0.3) is 0 Å². The lowest BCUT2D eigenvalue weighted by atomic mass is 10.1. The van der Waals surface area contributed by atoms with E-state index >= 15 is 0 Å². The van der Waals surface area contributed by atoms with Gasteiger partial charge in [0.2, 0.25) is 5.95 Å². The number of carboxylic acid groups (broad SMARTS) is 1. The summed E-state index contributed by atoms with van der Waals surface area (Å²) >= 11 is 0. The van der Waals surface area contributed by atoms with Gasteiger partial charge in [-0.2, -0.15) is 4.98 Å². The quantitative estimate of drug-likeness (QED) is 0.591. The summed E-state index contributed by atoms with van der Waals surface area (Å²) in [6, 6.07) is -1.14. The minimum atomic E-state index is -1.15. The van der Waals surface area contributed by atoms with Gasteiger partial charge in [-0.3, -0.25) is 0 Å². The third-order valence-corrected chi connectivity index (χ3v) is 2.64. The van der Waals surface area contributed by atoms with Gasteiger partial charge in [0, 0.05) is 5.56 Å². The fraction of sp³-hybridized carbons (Fsp3) is 0.545. The van der Waals surface area contributed by atoms with Gasteiger partial charge in [0.05, 0.1) is 11.8 Å². The second-order valence-corrected chi connectivity index (χ2v) is 4.06. The minimum Gasteiger partial charge on any atom is -0.480 e. The number of hydrogen-bond acceptors (Lipinski definition) is 6. The Kier molecular flexibility index (Phi) is 4.43. The van der Waals surface area contributed by atoms with E-state index in [0.29, 0.717) is 12.2 Å². The van der Waals surface area contributed by atoms with Gasteiger partial charge < -0.3 is 21.3 Å². The molecule has 1 rings (SSSR count). The van der Waals surface area contributed by atoms with E-state index < -0.39 is 18.1 Å². The lowest BCUT2D eigenvalue weighted by Crippen LogP contribution is -2.39. The number of nitrogen functional groups attached to an aromatic ring is 1. The first kappa shape index (κ1) is 14.2. The molecule has 1 heterocycles. The van der Waals surface area contributed by atoms with Crippen molar-refractivity contribution in [2.24, 2.45) is 0 Å². The topological polar surface area (TPSA) is 121 Å². The maximum absolute atomic E-state index is 11.0. The monoisotopic (exact) mass is 254 g/mol. The second-order valence-electron chi connectivity index (χ2n) is 4.06. The van der Waals surface area contributed by atoms with Gasteiger partial charge in [0.1, 0.15) is 5.82 Å². The summed E-state index contributed by atoms with van der Waals surface area (Å²) in [7, 11) is 0. The molecule has 0 aliphatic heterocycles. The summed E-state index contributed by atoms with van der Waals surface area (Å²) in [6.07, 6.45) is -0.386. The van der Waals surface area contributed by atoms with E-state index in [1.807, 2.05) is 6.92 Å². The van der Waals surface area contributed by atoms with Gasteiger partial charge in [-0.1, -0.05) is 6.92 Å². The number of nitrogens with zero attached hydrogens (tertiary/aromatic N) is 2. The number of anilines is 2. The highest BCUT2D eigenvalue weighted by Crippen LogP contribution is 2.18. The molecule has 0 bridgehead atoms. The van der Waals surface area contributed by atoms with Crippen molar-refractivity contribution in [1.82, 2.24) is 9.97 Å². The van der Waals surface area contributed by atoms with Crippen LogP contribution in [0.4, 0.5) is 11.8 Å². The smallest absolute Gasteiger partial charge is 0.328 e. The number of aromatic nitrogens is 2. The van der Waals surface area contributed by atoms with Crippen molar-refractivity contribution in [1.29, 1.82) is 0 Å². The van der Waals surface area contributed by atoms with E-state index in [2.05, 4.69) is 15.3 Å². The van der Waals surface area contributed by atoms with E-state index in [-0.39, 0.29) is 5.95 Å². The van der Waals surface area contributed by atoms with Gasteiger partial charge >= 0.3 is 5.97 Å². The maximum atomic E-state index is 11.0. The Hall–Kier alpha value is -1.89. The standard InChI is InChI=1S/C11H18N4O3/c1-4-7-5(2)9(15-11(12)13-7)14-8(6(3)16)10(17)18/h6,8,16H,4H2,1-3H3,(H,17,18)(H3,12,13,14,15)/t6-,8+/m1/s1. The van der Waals surface area contributed by atoms with Crippen LogP contribution in [0.2, 0.25) is 0 Å². The number of nitrogens with two attached hydrogens (primary N) is 1. The fourth-order valence-corrected chi connectivity index (χ4v) is 1.60. The summed E-state index contributed by atoms with van der Waals surface area (Å²) in [6.45, 7) is 5.09. The molecule has 0 fully saturated rings. The molecule has 0 radical (unpaired) electrons. The van der Waals surface area contributed by atoms with Crippen LogP contribution in [0.3, 0.4) is 0 Å². The van der Waals surface area contributed by atoms with E-state index in [9.17, 15) is 9.90 Å². The summed E-state index contributed by atoms with van der Waals surface area (Å²) in [5, 5.41) is 21.1. The Balaban J connectivity index is 3.10. The largest absolute Gasteiger partial charge is 0.480 e. The number of nitrogens with one attached hydrogen (secondary N) is 1. The summed E-state index contributed by atoms with van der Waals surface area (Å²) < 4.78 is 0. The van der Waals surface area contributed by atoms with Crippen molar-refractivity contribution in [2.75, 3.05) is 11.1 Å². The summed E-state index contributed by atoms with van der Waals surface area (Å²) in [5.41, 5.74) is 7.04. The number of aliphatic carboxylic acids is 1. The minimum absolute atomic E-state index is 0.0784. The molecule has 18 heavy (non-hydrogen) atoms. The molecule has 0 amide bonds. The SMILES string of the molecule is CCc1nc(N)nc(N[C@H](C(=O)O)[C@@H](C)O)c1C. The Bertz CT molecular complexity index is 448. The Labute approximate surface area is 105 Å². The Morgan fingerprint density at radius 1 is 1.50 bits per heavy atom. The molecule has 0 saturated heterocycles. The van der Waals surface area contributed by atoms with Gasteiger partial charge in [-0.25, -0.2) is 9.78 Å². The lowest BCUT2D eigenvalue weighted by Gasteiger charge is -2.19.